The van der Waals surface area contributed by atoms with Crippen LogP contribution < -0.4 is 5.32 Å². The molecule has 0 saturated heterocycles. The van der Waals surface area contributed by atoms with Crippen LogP contribution in [0.5, 0.6) is 0 Å². The van der Waals surface area contributed by atoms with E-state index >= 15 is 0 Å². The molecule has 0 aromatic heterocycles. The Labute approximate surface area is 149 Å². The fourth-order valence-corrected chi connectivity index (χ4v) is 4.50. The van der Waals surface area contributed by atoms with Gasteiger partial charge in [0.15, 0.2) is 0 Å². The molecule has 2 aromatic carbocycles. The third kappa shape index (κ3) is 2.44. The van der Waals surface area contributed by atoms with Crippen molar-refractivity contribution >= 4 is 40.5 Å². The number of nitrogens with one attached hydrogen (secondary N) is 1. The van der Waals surface area contributed by atoms with Crippen LogP contribution in [0.25, 0.3) is 0 Å². The number of hydrogen-bond donors (Lipinski definition) is 1. The van der Waals surface area contributed by atoms with E-state index in [0.717, 1.165) is 23.2 Å². The van der Waals surface area contributed by atoms with E-state index in [9.17, 15) is 4.39 Å². The molecule has 0 fully saturated rings. The molecule has 23 heavy (non-hydrogen) atoms. The highest BCUT2D eigenvalue weighted by molar-refractivity contribution is 6.44. The summed E-state index contributed by atoms with van der Waals surface area (Å²) in [5.74, 6) is 0.150. The summed E-state index contributed by atoms with van der Waals surface area (Å²) in [5.41, 5.74) is 2.65. The highest BCUT2D eigenvalue weighted by Gasteiger charge is 2.40. The molecule has 3 atom stereocenters. The predicted molar refractivity (Wildman–Crippen MR) is 94.2 cm³/mol. The van der Waals surface area contributed by atoms with Gasteiger partial charge < -0.3 is 5.32 Å². The van der Waals surface area contributed by atoms with E-state index in [1.54, 1.807) is 18.2 Å². The Morgan fingerprint density at radius 1 is 1.09 bits per heavy atom. The van der Waals surface area contributed by atoms with Crippen LogP contribution in [0.15, 0.2) is 42.5 Å². The summed E-state index contributed by atoms with van der Waals surface area (Å²) in [6, 6.07) is 8.33. The molecular weight excluding hydrogens is 356 g/mol. The molecule has 4 rings (SSSR count). The molecule has 1 nitrogen and oxygen atoms in total. The summed E-state index contributed by atoms with van der Waals surface area (Å²) in [7, 11) is 0. The van der Waals surface area contributed by atoms with Crippen LogP contribution in [0, 0.1) is 11.7 Å². The Kier molecular flexibility index (Phi) is 3.79. The number of fused-ring (bicyclic) bond motifs is 3. The zero-order valence-electron chi connectivity index (χ0n) is 12.0. The SMILES string of the molecule is Fc1cccc([C@@H]2Nc3c(Cl)cc(Cl)c(Cl)c3[C@@H]3C=CC[C@@H]32)c1. The van der Waals surface area contributed by atoms with Gasteiger partial charge in [0.2, 0.25) is 0 Å². The lowest BCUT2D eigenvalue weighted by atomic mass is 9.77. The lowest BCUT2D eigenvalue weighted by Crippen LogP contribution is -2.29. The second-order valence-electron chi connectivity index (χ2n) is 5.97. The van der Waals surface area contributed by atoms with Crippen molar-refractivity contribution in [2.75, 3.05) is 5.32 Å². The monoisotopic (exact) mass is 367 g/mol. The van der Waals surface area contributed by atoms with Crippen molar-refractivity contribution in [2.24, 2.45) is 5.92 Å². The van der Waals surface area contributed by atoms with Gasteiger partial charge in [-0.1, -0.05) is 59.1 Å². The Morgan fingerprint density at radius 2 is 1.91 bits per heavy atom. The van der Waals surface area contributed by atoms with Crippen LogP contribution in [-0.2, 0) is 0 Å². The standard InChI is InChI=1S/C18H13Cl3FN/c19-13-8-14(20)18-15(16(13)21)11-5-2-6-12(11)17(23-18)9-3-1-4-10(22)7-9/h1-5,7-8,11-12,17,23H,6H2/t11-,12+,17+/m1/s1. The molecule has 0 amide bonds. The summed E-state index contributed by atoms with van der Waals surface area (Å²) in [6.45, 7) is 0. The molecule has 118 valence electrons. The van der Waals surface area contributed by atoms with Gasteiger partial charge in [-0.25, -0.2) is 4.39 Å². The number of anilines is 1. The minimum atomic E-state index is -0.238. The number of rotatable bonds is 1. The minimum absolute atomic E-state index is 0.0204. The van der Waals surface area contributed by atoms with Crippen molar-refractivity contribution in [3.63, 3.8) is 0 Å². The zero-order valence-corrected chi connectivity index (χ0v) is 14.3. The topological polar surface area (TPSA) is 12.0 Å². The molecule has 1 aliphatic carbocycles. The highest BCUT2D eigenvalue weighted by Crippen LogP contribution is 2.54. The Bertz CT molecular complexity index is 818. The summed E-state index contributed by atoms with van der Waals surface area (Å²) < 4.78 is 13.7. The number of allylic oxidation sites excluding steroid dienone is 2. The van der Waals surface area contributed by atoms with Gasteiger partial charge in [-0.05, 0) is 36.1 Å². The van der Waals surface area contributed by atoms with E-state index in [0.29, 0.717) is 15.1 Å². The molecule has 2 aliphatic rings. The van der Waals surface area contributed by atoms with E-state index < -0.39 is 0 Å². The number of hydrogen-bond acceptors (Lipinski definition) is 1. The van der Waals surface area contributed by atoms with Gasteiger partial charge in [0, 0.05) is 11.5 Å². The first-order valence-electron chi connectivity index (χ1n) is 7.42. The predicted octanol–water partition coefficient (Wildman–Crippen LogP) is 6.61. The molecule has 0 radical (unpaired) electrons. The van der Waals surface area contributed by atoms with Gasteiger partial charge in [0.05, 0.1) is 26.8 Å². The first-order chi connectivity index (χ1) is 11.1. The second-order valence-corrected chi connectivity index (χ2v) is 7.17. The molecule has 0 bridgehead atoms. The average molecular weight is 369 g/mol. The summed E-state index contributed by atoms with van der Waals surface area (Å²) in [6.07, 6.45) is 5.19. The molecule has 2 aromatic rings. The fourth-order valence-electron chi connectivity index (χ4n) is 3.69. The van der Waals surface area contributed by atoms with Gasteiger partial charge in [0.25, 0.3) is 0 Å². The van der Waals surface area contributed by atoms with E-state index in [2.05, 4.69) is 17.5 Å². The third-order valence-electron chi connectivity index (χ3n) is 4.69. The van der Waals surface area contributed by atoms with Gasteiger partial charge in [-0.3, -0.25) is 0 Å². The fraction of sp³-hybridized carbons (Fsp3) is 0.222. The Balaban J connectivity index is 1.88. The average Bonchev–Trinajstić information content (AvgIpc) is 3.00. The molecule has 0 spiro atoms. The molecular formula is C18H13Cl3FN. The zero-order chi connectivity index (χ0) is 16.1. The van der Waals surface area contributed by atoms with Crippen molar-refractivity contribution in [3.05, 3.63) is 74.5 Å². The van der Waals surface area contributed by atoms with Crippen LogP contribution in [0.2, 0.25) is 15.1 Å². The molecule has 5 heteroatoms. The molecule has 1 aliphatic heterocycles. The maximum absolute atomic E-state index is 13.7. The van der Waals surface area contributed by atoms with Crippen LogP contribution in [0.3, 0.4) is 0 Å². The smallest absolute Gasteiger partial charge is 0.123 e. The quantitative estimate of drug-likeness (QED) is 0.441. The molecule has 0 unspecified atom stereocenters. The van der Waals surface area contributed by atoms with Crippen molar-refractivity contribution < 1.29 is 4.39 Å². The van der Waals surface area contributed by atoms with E-state index in [4.69, 9.17) is 34.8 Å². The first-order valence-corrected chi connectivity index (χ1v) is 8.55. The first kappa shape index (κ1) is 15.3. The maximum atomic E-state index is 13.7. The van der Waals surface area contributed by atoms with E-state index in [-0.39, 0.29) is 23.7 Å². The van der Waals surface area contributed by atoms with Gasteiger partial charge in [-0.2, -0.15) is 0 Å². The van der Waals surface area contributed by atoms with E-state index in [1.807, 2.05) is 6.07 Å². The van der Waals surface area contributed by atoms with Gasteiger partial charge in [0.1, 0.15) is 5.82 Å². The Morgan fingerprint density at radius 3 is 2.70 bits per heavy atom. The van der Waals surface area contributed by atoms with Crippen LogP contribution in [0.4, 0.5) is 10.1 Å². The largest absolute Gasteiger partial charge is 0.376 e. The molecule has 0 saturated carbocycles. The van der Waals surface area contributed by atoms with Crippen molar-refractivity contribution in [3.8, 4) is 0 Å². The second kappa shape index (κ2) is 5.70. The van der Waals surface area contributed by atoms with Crippen molar-refractivity contribution in [1.29, 1.82) is 0 Å². The number of benzene rings is 2. The summed E-state index contributed by atoms with van der Waals surface area (Å²) in [5, 5.41) is 5.00. The summed E-state index contributed by atoms with van der Waals surface area (Å²) in [4.78, 5) is 0. The lowest BCUT2D eigenvalue weighted by Gasteiger charge is -2.38. The highest BCUT2D eigenvalue weighted by atomic mass is 35.5. The Hall–Kier alpha value is -1.22. The molecule has 1 heterocycles. The maximum Gasteiger partial charge on any atom is 0.123 e. The lowest BCUT2D eigenvalue weighted by molar-refractivity contribution is 0.424. The van der Waals surface area contributed by atoms with Crippen molar-refractivity contribution in [2.45, 2.75) is 18.4 Å². The van der Waals surface area contributed by atoms with Crippen LogP contribution in [-0.4, -0.2) is 0 Å². The number of halogens is 4. The van der Waals surface area contributed by atoms with Crippen molar-refractivity contribution in [1.82, 2.24) is 0 Å². The molecule has 1 N–H and O–H groups in total. The van der Waals surface area contributed by atoms with Crippen LogP contribution in [0.1, 0.15) is 29.5 Å². The van der Waals surface area contributed by atoms with Gasteiger partial charge >= 0.3 is 0 Å². The van der Waals surface area contributed by atoms with Crippen LogP contribution >= 0.6 is 34.8 Å². The van der Waals surface area contributed by atoms with E-state index in [1.165, 1.54) is 6.07 Å². The summed E-state index contributed by atoms with van der Waals surface area (Å²) >= 11 is 19.0. The minimum Gasteiger partial charge on any atom is -0.376 e. The normalized spacial score (nSPS) is 25.0. The van der Waals surface area contributed by atoms with Gasteiger partial charge in [-0.15, -0.1) is 0 Å². The third-order valence-corrected chi connectivity index (χ3v) is 5.79.